The van der Waals surface area contributed by atoms with Crippen LogP contribution in [0.4, 0.5) is 0 Å². The van der Waals surface area contributed by atoms with Gasteiger partial charge in [0.05, 0.1) is 24.9 Å². The van der Waals surface area contributed by atoms with E-state index in [9.17, 15) is 9.90 Å². The van der Waals surface area contributed by atoms with Gasteiger partial charge in [0, 0.05) is 38.9 Å². The highest BCUT2D eigenvalue weighted by molar-refractivity contribution is 5.93. The predicted molar refractivity (Wildman–Crippen MR) is 110 cm³/mol. The molecule has 0 spiro atoms. The van der Waals surface area contributed by atoms with Crippen LogP contribution in [0.2, 0.25) is 0 Å². The van der Waals surface area contributed by atoms with Crippen LogP contribution in [0, 0.1) is 0 Å². The molecular formula is C22H30N4O3. The Morgan fingerprint density at radius 3 is 2.66 bits per heavy atom. The molecule has 2 aliphatic rings. The predicted octanol–water partition coefficient (Wildman–Crippen LogP) is 1.94. The van der Waals surface area contributed by atoms with Gasteiger partial charge < -0.3 is 19.6 Å². The highest BCUT2D eigenvalue weighted by Gasteiger charge is 2.38. The van der Waals surface area contributed by atoms with Gasteiger partial charge in [0.15, 0.2) is 0 Å². The van der Waals surface area contributed by atoms with E-state index in [0.717, 1.165) is 38.0 Å². The van der Waals surface area contributed by atoms with Gasteiger partial charge in [-0.2, -0.15) is 5.10 Å². The standard InChI is InChI=1S/C22H30N4O3/c1-2-26-19(8-11-23-26)22(28)25-14-15-29-20(16-24-12-9-18(27)10-13-24)21(25)17-6-4-3-5-7-17/h3-8,11,18,20-21,27H,2,9-10,12-16H2,1H3/t20-,21-/m0/s1. The molecule has 1 aromatic carbocycles. The van der Waals surface area contributed by atoms with Gasteiger partial charge in [-0.05, 0) is 31.4 Å². The number of likely N-dealkylation sites (tertiary alicyclic amines) is 1. The normalized spacial score (nSPS) is 24.0. The maximum Gasteiger partial charge on any atom is 0.272 e. The van der Waals surface area contributed by atoms with Gasteiger partial charge in [-0.1, -0.05) is 30.3 Å². The quantitative estimate of drug-likeness (QED) is 0.834. The van der Waals surface area contributed by atoms with Crippen molar-refractivity contribution in [3.05, 3.63) is 53.9 Å². The minimum atomic E-state index is -0.198. The van der Waals surface area contributed by atoms with E-state index in [1.807, 2.05) is 30.0 Å². The van der Waals surface area contributed by atoms with E-state index >= 15 is 0 Å². The fourth-order valence-electron chi connectivity index (χ4n) is 4.43. The third-order valence-electron chi connectivity index (χ3n) is 5.98. The lowest BCUT2D eigenvalue weighted by Gasteiger charge is -2.44. The summed E-state index contributed by atoms with van der Waals surface area (Å²) < 4.78 is 7.96. The van der Waals surface area contributed by atoms with Crippen LogP contribution in [0.5, 0.6) is 0 Å². The lowest BCUT2D eigenvalue weighted by Crippen LogP contribution is -2.53. The molecule has 1 amide bonds. The van der Waals surface area contributed by atoms with E-state index < -0.39 is 0 Å². The van der Waals surface area contributed by atoms with E-state index in [2.05, 4.69) is 22.1 Å². The Morgan fingerprint density at radius 2 is 1.93 bits per heavy atom. The van der Waals surface area contributed by atoms with Gasteiger partial charge in [0.1, 0.15) is 5.69 Å². The summed E-state index contributed by atoms with van der Waals surface area (Å²) in [5.41, 5.74) is 1.71. The number of nitrogens with zero attached hydrogens (tertiary/aromatic N) is 4. The monoisotopic (exact) mass is 398 g/mol. The largest absolute Gasteiger partial charge is 0.393 e. The number of aromatic nitrogens is 2. The second kappa shape index (κ2) is 9.07. The molecule has 29 heavy (non-hydrogen) atoms. The number of amides is 1. The molecular weight excluding hydrogens is 368 g/mol. The highest BCUT2D eigenvalue weighted by atomic mass is 16.5. The zero-order valence-electron chi connectivity index (χ0n) is 17.0. The minimum absolute atomic E-state index is 0.000527. The number of rotatable bonds is 5. The van der Waals surface area contributed by atoms with E-state index in [1.54, 1.807) is 16.9 Å². The fraction of sp³-hybridized carbons (Fsp3) is 0.545. The first-order valence-corrected chi connectivity index (χ1v) is 10.6. The van der Waals surface area contributed by atoms with Crippen molar-refractivity contribution in [3.63, 3.8) is 0 Å². The van der Waals surface area contributed by atoms with Gasteiger partial charge >= 0.3 is 0 Å². The van der Waals surface area contributed by atoms with Crippen LogP contribution in [0.3, 0.4) is 0 Å². The van der Waals surface area contributed by atoms with Crippen LogP contribution in [-0.2, 0) is 11.3 Å². The first-order valence-electron chi connectivity index (χ1n) is 10.6. The van der Waals surface area contributed by atoms with Crippen molar-refractivity contribution in [3.8, 4) is 0 Å². The molecule has 0 aliphatic carbocycles. The number of carbonyl (C=O) groups is 1. The number of benzene rings is 1. The summed E-state index contributed by atoms with van der Waals surface area (Å²) in [5.74, 6) is 0.000527. The van der Waals surface area contributed by atoms with Crippen molar-refractivity contribution >= 4 is 5.91 Å². The summed E-state index contributed by atoms with van der Waals surface area (Å²) in [6.45, 7) is 6.21. The number of carbonyl (C=O) groups excluding carboxylic acids is 1. The summed E-state index contributed by atoms with van der Waals surface area (Å²) >= 11 is 0. The Hall–Kier alpha value is -2.22. The Labute approximate surface area is 171 Å². The van der Waals surface area contributed by atoms with Crippen LogP contribution in [0.15, 0.2) is 42.6 Å². The van der Waals surface area contributed by atoms with Crippen LogP contribution in [-0.4, -0.2) is 75.6 Å². The van der Waals surface area contributed by atoms with Gasteiger partial charge in [-0.25, -0.2) is 0 Å². The molecule has 4 rings (SSSR count). The van der Waals surface area contributed by atoms with Crippen molar-refractivity contribution in [2.45, 2.75) is 44.6 Å². The molecule has 1 aromatic heterocycles. The third-order valence-corrected chi connectivity index (χ3v) is 5.98. The maximum atomic E-state index is 13.5. The molecule has 0 bridgehead atoms. The SMILES string of the molecule is CCn1nccc1C(=O)N1CCO[C@@H](CN2CCC(O)CC2)[C@@H]1c1ccccc1. The second-order valence-corrected chi connectivity index (χ2v) is 7.83. The van der Waals surface area contributed by atoms with Crippen LogP contribution in [0.1, 0.15) is 41.9 Å². The van der Waals surface area contributed by atoms with E-state index in [4.69, 9.17) is 4.74 Å². The van der Waals surface area contributed by atoms with Gasteiger partial charge in [0.25, 0.3) is 5.91 Å². The molecule has 7 nitrogen and oxygen atoms in total. The maximum absolute atomic E-state index is 13.5. The summed E-state index contributed by atoms with van der Waals surface area (Å²) in [5, 5.41) is 14.1. The molecule has 156 valence electrons. The van der Waals surface area contributed by atoms with Crippen molar-refractivity contribution in [1.82, 2.24) is 19.6 Å². The molecule has 0 saturated carbocycles. The zero-order chi connectivity index (χ0) is 20.2. The highest BCUT2D eigenvalue weighted by Crippen LogP contribution is 2.32. The van der Waals surface area contributed by atoms with E-state index in [1.165, 1.54) is 0 Å². The molecule has 2 aromatic rings. The van der Waals surface area contributed by atoms with Crippen LogP contribution < -0.4 is 0 Å². The summed E-state index contributed by atoms with van der Waals surface area (Å²) in [4.78, 5) is 17.8. The van der Waals surface area contributed by atoms with Gasteiger partial charge in [-0.15, -0.1) is 0 Å². The Morgan fingerprint density at radius 1 is 1.17 bits per heavy atom. The van der Waals surface area contributed by atoms with Gasteiger partial charge in [0.2, 0.25) is 0 Å². The fourth-order valence-corrected chi connectivity index (χ4v) is 4.43. The summed E-state index contributed by atoms with van der Waals surface area (Å²) in [7, 11) is 0. The number of morpholine rings is 1. The molecule has 2 saturated heterocycles. The van der Waals surface area contributed by atoms with E-state index in [0.29, 0.717) is 25.4 Å². The van der Waals surface area contributed by atoms with E-state index in [-0.39, 0.29) is 24.2 Å². The number of hydrogen-bond donors (Lipinski definition) is 1. The topological polar surface area (TPSA) is 70.8 Å². The number of hydrogen-bond acceptors (Lipinski definition) is 5. The van der Waals surface area contributed by atoms with Gasteiger partial charge in [-0.3, -0.25) is 9.48 Å². The number of ether oxygens (including phenoxy) is 1. The average Bonchev–Trinajstić information content (AvgIpc) is 3.24. The number of aryl methyl sites for hydroxylation is 1. The van der Waals surface area contributed by atoms with Crippen LogP contribution >= 0.6 is 0 Å². The molecule has 0 radical (unpaired) electrons. The molecule has 2 atom stereocenters. The number of aliphatic hydroxyl groups is 1. The van der Waals surface area contributed by atoms with Crippen molar-refractivity contribution in [2.24, 2.45) is 0 Å². The smallest absolute Gasteiger partial charge is 0.272 e. The Kier molecular flexibility index (Phi) is 6.28. The zero-order valence-corrected chi connectivity index (χ0v) is 17.0. The summed E-state index contributed by atoms with van der Waals surface area (Å²) in [6, 6.07) is 11.8. The summed E-state index contributed by atoms with van der Waals surface area (Å²) in [6.07, 6.45) is 2.96. The third kappa shape index (κ3) is 4.37. The molecule has 2 fully saturated rings. The first kappa shape index (κ1) is 20.1. The average molecular weight is 399 g/mol. The molecule has 0 unspecified atom stereocenters. The Bertz CT molecular complexity index is 801. The van der Waals surface area contributed by atoms with Crippen LogP contribution in [0.25, 0.3) is 0 Å². The van der Waals surface area contributed by atoms with Crippen molar-refractivity contribution in [1.29, 1.82) is 0 Å². The lowest BCUT2D eigenvalue weighted by atomic mass is 9.96. The second-order valence-electron chi connectivity index (χ2n) is 7.83. The molecule has 7 heteroatoms. The number of aliphatic hydroxyl groups excluding tert-OH is 1. The molecule has 1 N–H and O–H groups in total. The number of piperidine rings is 1. The minimum Gasteiger partial charge on any atom is -0.393 e. The Balaban J connectivity index is 1.60. The molecule has 3 heterocycles. The first-order chi connectivity index (χ1) is 14.2. The van der Waals surface area contributed by atoms with Crippen molar-refractivity contribution < 1.29 is 14.6 Å². The lowest BCUT2D eigenvalue weighted by molar-refractivity contribution is -0.0773. The van der Waals surface area contributed by atoms with Crippen molar-refractivity contribution in [2.75, 3.05) is 32.8 Å². The molecule has 2 aliphatic heterocycles.